The van der Waals surface area contributed by atoms with Gasteiger partial charge in [0, 0.05) is 0 Å². The molecule has 0 aromatic rings. The van der Waals surface area contributed by atoms with Crippen LogP contribution in [0.15, 0.2) is 0 Å². The van der Waals surface area contributed by atoms with Gasteiger partial charge in [0.15, 0.2) is 0 Å². The number of hydrogen-bond donors (Lipinski definition) is 0. The molecule has 0 aliphatic heterocycles. The van der Waals surface area contributed by atoms with Crippen molar-refractivity contribution in [3.8, 4) is 0 Å². The van der Waals surface area contributed by atoms with Gasteiger partial charge in [0.05, 0.1) is 0 Å². The molecule has 2 atom stereocenters. The van der Waals surface area contributed by atoms with Gasteiger partial charge >= 0.3 is 0 Å². The minimum atomic E-state index is 0.437. The van der Waals surface area contributed by atoms with Crippen molar-refractivity contribution in [3.05, 3.63) is 0 Å². The van der Waals surface area contributed by atoms with Crippen molar-refractivity contribution in [2.24, 2.45) is 106 Å². The molecule has 0 N–H and O–H groups in total. The molecule has 2 aliphatic carbocycles. The van der Waals surface area contributed by atoms with Crippen molar-refractivity contribution < 1.29 is 0 Å². The molecule has 2 fully saturated rings. The Bertz CT molecular complexity index is 1110. The van der Waals surface area contributed by atoms with Crippen LogP contribution in [0, 0.1) is 106 Å². The third-order valence-corrected chi connectivity index (χ3v) is 21.0. The molecule has 0 spiro atoms. The predicted molar refractivity (Wildman–Crippen MR) is 346 cm³/mol. The van der Waals surface area contributed by atoms with Crippen molar-refractivity contribution in [3.63, 3.8) is 0 Å². The van der Waals surface area contributed by atoms with Crippen molar-refractivity contribution in [1.29, 1.82) is 0 Å². The van der Waals surface area contributed by atoms with E-state index in [4.69, 9.17) is 0 Å². The molecule has 0 aromatic heterocycles. The van der Waals surface area contributed by atoms with Crippen molar-refractivity contribution in [1.82, 2.24) is 0 Å². The van der Waals surface area contributed by atoms with Crippen LogP contribution in [0.1, 0.15) is 363 Å². The van der Waals surface area contributed by atoms with Gasteiger partial charge in [0.25, 0.3) is 0 Å². The summed E-state index contributed by atoms with van der Waals surface area (Å²) in [5.41, 5.74) is 5.97. The van der Waals surface area contributed by atoms with Crippen LogP contribution >= 0.6 is 0 Å². The molecular formula is C72H158. The second-order valence-corrected chi connectivity index (χ2v) is 35.6. The summed E-state index contributed by atoms with van der Waals surface area (Å²) >= 11 is 0. The first-order valence-electron chi connectivity index (χ1n) is 30.9. The minimum Gasteiger partial charge on any atom is -0.0651 e. The first kappa shape index (κ1) is 85.9. The Labute approximate surface area is 467 Å². The van der Waals surface area contributed by atoms with Gasteiger partial charge in [-0.25, -0.2) is 0 Å². The molecule has 0 radical (unpaired) electrons. The summed E-state index contributed by atoms with van der Waals surface area (Å²) in [5, 5.41) is 0. The average molecular weight is 1020 g/mol. The third kappa shape index (κ3) is 45.1. The Kier molecular flexibility index (Phi) is 40.7. The zero-order valence-electron chi connectivity index (χ0n) is 60.7. The van der Waals surface area contributed by atoms with E-state index in [1.165, 1.54) is 51.4 Å². The van der Waals surface area contributed by atoms with E-state index in [1.807, 2.05) is 0 Å². The van der Waals surface area contributed by atoms with Crippen LogP contribution in [-0.4, -0.2) is 0 Å². The topological polar surface area (TPSA) is 0 Å². The highest BCUT2D eigenvalue weighted by molar-refractivity contribution is 5.00. The number of rotatable bonds is 8. The van der Waals surface area contributed by atoms with E-state index < -0.39 is 0 Å². The summed E-state index contributed by atoms with van der Waals surface area (Å²) in [7, 11) is 0. The molecule has 0 aromatic carbocycles. The summed E-state index contributed by atoms with van der Waals surface area (Å²) < 4.78 is 0. The lowest BCUT2D eigenvalue weighted by Gasteiger charge is -2.37. The fourth-order valence-corrected chi connectivity index (χ4v) is 4.32. The molecule has 2 aliphatic rings. The molecule has 0 heterocycles. The molecule has 1 unspecified atom stereocenters. The fourth-order valence-electron chi connectivity index (χ4n) is 4.32. The summed E-state index contributed by atoms with van der Waals surface area (Å²) in [4.78, 5) is 0. The zero-order chi connectivity index (χ0) is 60.7. The van der Waals surface area contributed by atoms with Gasteiger partial charge in [-0.3, -0.25) is 0 Å². The summed E-state index contributed by atoms with van der Waals surface area (Å²) in [6, 6.07) is 0. The van der Waals surface area contributed by atoms with E-state index in [0.717, 1.165) is 46.8 Å². The molecule has 2 rings (SSSR count). The SMILES string of the molecule is CC(C)(C)C(C)(C)C.CC(C)(C)C(C)(C)C.CC(C)(C)C(C)(C)C.CC(C)C(C)C(C)C.CC1(C2CC2)CC1.CCC(C)(C)C(C)(C)C.CCC(C)(C)C(C)C.CCC(C)C(C)(C)C.CC[C@@H](C)C(C)(C)C. The highest BCUT2D eigenvalue weighted by atomic mass is 14.5. The van der Waals surface area contributed by atoms with Crippen LogP contribution in [0.25, 0.3) is 0 Å². The second-order valence-electron chi connectivity index (χ2n) is 35.6. The van der Waals surface area contributed by atoms with Crippen LogP contribution < -0.4 is 0 Å². The summed E-state index contributed by atoms with van der Waals surface area (Å²) in [6.07, 6.45) is 11.3. The van der Waals surface area contributed by atoms with Gasteiger partial charge in [-0.05, 0) is 132 Å². The first-order valence-corrected chi connectivity index (χ1v) is 30.9. The molecule has 0 bridgehead atoms. The Hall–Kier alpha value is 0. The average Bonchev–Trinajstić information content (AvgIpc) is 4.09. The van der Waals surface area contributed by atoms with E-state index in [9.17, 15) is 0 Å². The number of hydrogen-bond acceptors (Lipinski definition) is 0. The molecule has 0 saturated heterocycles. The van der Waals surface area contributed by atoms with E-state index in [2.05, 4.69) is 312 Å². The van der Waals surface area contributed by atoms with Gasteiger partial charge in [0.2, 0.25) is 0 Å². The van der Waals surface area contributed by atoms with Gasteiger partial charge in [-0.15, -0.1) is 0 Å². The Balaban J connectivity index is -0.000000132. The van der Waals surface area contributed by atoms with Crippen LogP contribution in [0.4, 0.5) is 0 Å². The van der Waals surface area contributed by atoms with E-state index >= 15 is 0 Å². The van der Waals surface area contributed by atoms with Gasteiger partial charge in [-0.2, -0.15) is 0 Å². The normalized spacial score (nSPS) is 16.3. The second kappa shape index (κ2) is 34.1. The molecule has 2 saturated carbocycles. The highest BCUT2D eigenvalue weighted by Crippen LogP contribution is 2.60. The lowest BCUT2D eigenvalue weighted by molar-refractivity contribution is 0.126. The molecule has 0 amide bonds. The maximum atomic E-state index is 2.44. The Morgan fingerprint density at radius 2 is 0.569 bits per heavy atom. The van der Waals surface area contributed by atoms with Crippen LogP contribution in [-0.2, 0) is 0 Å². The Morgan fingerprint density at radius 3 is 0.583 bits per heavy atom. The van der Waals surface area contributed by atoms with E-state index in [0.29, 0.717) is 59.6 Å². The lowest BCUT2D eigenvalue weighted by atomic mass is 9.68. The maximum Gasteiger partial charge on any atom is -0.0297 e. The van der Waals surface area contributed by atoms with Crippen LogP contribution in [0.2, 0.25) is 0 Å². The lowest BCUT2D eigenvalue weighted by Crippen LogP contribution is -2.28. The molecular weight excluding hydrogens is 865 g/mol. The van der Waals surface area contributed by atoms with Crippen molar-refractivity contribution in [2.45, 2.75) is 363 Å². The zero-order valence-corrected chi connectivity index (χ0v) is 60.7. The first-order chi connectivity index (χ1) is 30.9. The van der Waals surface area contributed by atoms with Gasteiger partial charge < -0.3 is 0 Å². The van der Waals surface area contributed by atoms with E-state index in [-0.39, 0.29) is 0 Å². The minimum absolute atomic E-state index is 0.437. The monoisotopic (exact) mass is 1020 g/mol. The largest absolute Gasteiger partial charge is 0.0651 e. The van der Waals surface area contributed by atoms with Gasteiger partial charge in [-0.1, -0.05) is 337 Å². The third-order valence-electron chi connectivity index (χ3n) is 21.0. The molecule has 0 nitrogen and oxygen atoms in total. The fraction of sp³-hybridized carbons (Fsp3) is 1.00. The van der Waals surface area contributed by atoms with Gasteiger partial charge in [0.1, 0.15) is 0 Å². The van der Waals surface area contributed by atoms with Crippen molar-refractivity contribution in [2.75, 3.05) is 0 Å². The molecule has 446 valence electrons. The molecule has 72 heavy (non-hydrogen) atoms. The summed E-state index contributed by atoms with van der Waals surface area (Å²) in [5.74, 6) is 6.23. The van der Waals surface area contributed by atoms with Crippen LogP contribution in [0.3, 0.4) is 0 Å². The smallest absolute Gasteiger partial charge is 0.0297 e. The highest BCUT2D eigenvalue weighted by Gasteiger charge is 2.49. The van der Waals surface area contributed by atoms with Crippen molar-refractivity contribution >= 4 is 0 Å². The quantitative estimate of drug-likeness (QED) is 0.227. The Morgan fingerprint density at radius 1 is 0.347 bits per heavy atom. The molecule has 0 heteroatoms. The van der Waals surface area contributed by atoms with Crippen LogP contribution in [0.5, 0.6) is 0 Å². The standard InChI is InChI=1S/C9H20.7C8H18.C7H12/c1-7-9(5,6)8(2,3)4;3*1-7(2,3)8(4,5)6;2*1-6-7(2)8(3,4)5;1-6-8(4,5)7(2)3;1-6(2)8(5)7(3)4;1-7(4-5-7)6-2-3-6/h7H2,1-6H3;3*1-6H3;3*7H,6H2,1-5H3;6-8H,1-5H3;6H,2-5H2,1H3/t;;;;7-;;;;/m....1..../s1. The summed E-state index contributed by atoms with van der Waals surface area (Å²) in [6.45, 7) is 103. The predicted octanol–water partition coefficient (Wildman–Crippen LogP) is 27.1. The maximum absolute atomic E-state index is 2.44. The van der Waals surface area contributed by atoms with E-state index in [1.54, 1.807) is 0 Å².